The number of benzene rings is 2. The van der Waals surface area contributed by atoms with E-state index in [4.69, 9.17) is 20.9 Å². The minimum absolute atomic E-state index is 0.0423. The highest BCUT2D eigenvalue weighted by Gasteiger charge is 2.09. The molecule has 0 unspecified atom stereocenters. The Hall–Kier alpha value is -3.81. The lowest BCUT2D eigenvalue weighted by Gasteiger charge is -2.08. The summed E-state index contributed by atoms with van der Waals surface area (Å²) >= 11 is 0. The summed E-state index contributed by atoms with van der Waals surface area (Å²) < 4.78 is 13.0. The third kappa shape index (κ3) is 5.60. The molecule has 3 rings (SSSR count). The second kappa shape index (κ2) is 9.22. The number of ether oxygens (including phenoxy) is 2. The van der Waals surface area contributed by atoms with Crippen LogP contribution in [0.1, 0.15) is 16.8 Å². The van der Waals surface area contributed by atoms with E-state index in [1.54, 1.807) is 61.1 Å². The lowest BCUT2D eigenvalue weighted by molar-refractivity contribution is 0.0734. The standard InChI is InChI=1S/C20H21N5O3/c21-20(22)24-16-4-2-15(3-5-16)19(26)28-18-8-6-17(7-9-18)27-13-1-11-25-12-10-23-14-25/h2-10,12,14H,1,11,13H2,(H4,21,22,24). The first-order valence-electron chi connectivity index (χ1n) is 8.70. The van der Waals surface area contributed by atoms with Crippen molar-refractivity contribution in [2.75, 3.05) is 6.61 Å². The first-order valence-corrected chi connectivity index (χ1v) is 8.70. The van der Waals surface area contributed by atoms with Crippen molar-refractivity contribution >= 4 is 17.6 Å². The van der Waals surface area contributed by atoms with Crippen LogP contribution in [0.25, 0.3) is 0 Å². The third-order valence-corrected chi connectivity index (χ3v) is 3.78. The van der Waals surface area contributed by atoms with Crippen LogP contribution in [0.2, 0.25) is 0 Å². The molecule has 0 fully saturated rings. The highest BCUT2D eigenvalue weighted by molar-refractivity contribution is 5.91. The maximum atomic E-state index is 12.2. The number of carbonyl (C=O) groups excluding carboxylic acids is 1. The van der Waals surface area contributed by atoms with Gasteiger partial charge in [-0.25, -0.2) is 14.8 Å². The molecule has 0 radical (unpaired) electrons. The van der Waals surface area contributed by atoms with E-state index in [0.29, 0.717) is 29.4 Å². The quantitative estimate of drug-likeness (QED) is 0.204. The van der Waals surface area contributed by atoms with E-state index in [1.165, 1.54) is 0 Å². The highest BCUT2D eigenvalue weighted by atomic mass is 16.5. The van der Waals surface area contributed by atoms with Gasteiger partial charge in [0.2, 0.25) is 0 Å². The minimum atomic E-state index is -0.467. The van der Waals surface area contributed by atoms with Crippen molar-refractivity contribution in [3.63, 3.8) is 0 Å². The molecular weight excluding hydrogens is 358 g/mol. The Kier molecular flexibility index (Phi) is 6.25. The summed E-state index contributed by atoms with van der Waals surface area (Å²) in [5.41, 5.74) is 11.6. The summed E-state index contributed by atoms with van der Waals surface area (Å²) in [7, 11) is 0. The number of nitrogens with zero attached hydrogens (tertiary/aromatic N) is 3. The van der Waals surface area contributed by atoms with Crippen LogP contribution < -0.4 is 20.9 Å². The molecule has 0 aliphatic heterocycles. The van der Waals surface area contributed by atoms with Crippen molar-refractivity contribution in [1.82, 2.24) is 9.55 Å². The number of hydrogen-bond acceptors (Lipinski definition) is 5. The molecule has 0 bridgehead atoms. The molecule has 0 aliphatic carbocycles. The van der Waals surface area contributed by atoms with Crippen molar-refractivity contribution < 1.29 is 14.3 Å². The van der Waals surface area contributed by atoms with Crippen LogP contribution in [0.15, 0.2) is 72.2 Å². The molecule has 0 atom stereocenters. The van der Waals surface area contributed by atoms with Crippen molar-refractivity contribution in [3.8, 4) is 11.5 Å². The Morgan fingerprint density at radius 1 is 1.04 bits per heavy atom. The van der Waals surface area contributed by atoms with Crippen LogP contribution in [0.5, 0.6) is 11.5 Å². The van der Waals surface area contributed by atoms with Crippen LogP contribution in [-0.4, -0.2) is 28.1 Å². The fourth-order valence-corrected chi connectivity index (χ4v) is 2.45. The normalized spacial score (nSPS) is 10.3. The molecule has 0 saturated carbocycles. The molecule has 0 aliphatic rings. The van der Waals surface area contributed by atoms with Crippen molar-refractivity contribution in [2.45, 2.75) is 13.0 Å². The fraction of sp³-hybridized carbons (Fsp3) is 0.150. The Balaban J connectivity index is 1.48. The summed E-state index contributed by atoms with van der Waals surface area (Å²) in [5, 5.41) is 0. The molecule has 28 heavy (non-hydrogen) atoms. The largest absolute Gasteiger partial charge is 0.494 e. The lowest BCUT2D eigenvalue weighted by atomic mass is 10.2. The van der Waals surface area contributed by atoms with Gasteiger partial charge in [0.25, 0.3) is 0 Å². The van der Waals surface area contributed by atoms with E-state index in [2.05, 4.69) is 9.98 Å². The second-order valence-electron chi connectivity index (χ2n) is 5.95. The molecule has 0 saturated heterocycles. The second-order valence-corrected chi connectivity index (χ2v) is 5.95. The van der Waals surface area contributed by atoms with Gasteiger partial charge >= 0.3 is 5.97 Å². The summed E-state index contributed by atoms with van der Waals surface area (Å²) in [4.78, 5) is 20.1. The first-order chi connectivity index (χ1) is 13.6. The van der Waals surface area contributed by atoms with Gasteiger partial charge in [-0.15, -0.1) is 0 Å². The number of rotatable bonds is 8. The van der Waals surface area contributed by atoms with E-state index < -0.39 is 5.97 Å². The number of aliphatic imine (C=N–C) groups is 1. The number of esters is 1. The van der Waals surface area contributed by atoms with Gasteiger partial charge in [0.15, 0.2) is 5.96 Å². The summed E-state index contributed by atoms with van der Waals surface area (Å²) in [5.74, 6) is 0.640. The predicted octanol–water partition coefficient (Wildman–Crippen LogP) is 2.48. The number of nitrogens with two attached hydrogens (primary N) is 2. The monoisotopic (exact) mass is 379 g/mol. The number of aryl methyl sites for hydroxylation is 1. The molecular formula is C20H21N5O3. The van der Waals surface area contributed by atoms with Crippen LogP contribution >= 0.6 is 0 Å². The van der Waals surface area contributed by atoms with E-state index in [0.717, 1.165) is 13.0 Å². The van der Waals surface area contributed by atoms with Gasteiger partial charge in [-0.3, -0.25) is 0 Å². The molecule has 0 spiro atoms. The number of imidazole rings is 1. The molecule has 4 N–H and O–H groups in total. The van der Waals surface area contributed by atoms with Crippen molar-refractivity contribution in [1.29, 1.82) is 0 Å². The number of guanidine groups is 1. The zero-order valence-corrected chi connectivity index (χ0v) is 15.2. The molecule has 8 nitrogen and oxygen atoms in total. The number of aromatic nitrogens is 2. The van der Waals surface area contributed by atoms with Crippen LogP contribution in [0.3, 0.4) is 0 Å². The van der Waals surface area contributed by atoms with Gasteiger partial charge < -0.3 is 25.5 Å². The van der Waals surface area contributed by atoms with Gasteiger partial charge in [-0.2, -0.15) is 0 Å². The maximum absolute atomic E-state index is 12.2. The van der Waals surface area contributed by atoms with Gasteiger partial charge in [0.05, 0.1) is 24.2 Å². The minimum Gasteiger partial charge on any atom is -0.494 e. The summed E-state index contributed by atoms with van der Waals surface area (Å²) in [6.07, 6.45) is 6.30. The molecule has 3 aromatic rings. The smallest absolute Gasteiger partial charge is 0.343 e. The van der Waals surface area contributed by atoms with Gasteiger partial charge in [0.1, 0.15) is 11.5 Å². The molecule has 2 aromatic carbocycles. The summed E-state index contributed by atoms with van der Waals surface area (Å²) in [6.45, 7) is 1.43. The first kappa shape index (κ1) is 19.0. The van der Waals surface area contributed by atoms with Gasteiger partial charge in [-0.1, -0.05) is 0 Å². The topological polar surface area (TPSA) is 118 Å². The molecule has 1 heterocycles. The van der Waals surface area contributed by atoms with Gasteiger partial charge in [0, 0.05) is 18.9 Å². The Morgan fingerprint density at radius 2 is 1.75 bits per heavy atom. The van der Waals surface area contributed by atoms with E-state index >= 15 is 0 Å². The van der Waals surface area contributed by atoms with Crippen LogP contribution in [-0.2, 0) is 6.54 Å². The summed E-state index contributed by atoms with van der Waals surface area (Å²) in [6, 6.07) is 13.4. The van der Waals surface area contributed by atoms with E-state index in [1.807, 2.05) is 10.8 Å². The Bertz CT molecular complexity index is 915. The average molecular weight is 379 g/mol. The van der Waals surface area contributed by atoms with Crippen LogP contribution in [0, 0.1) is 0 Å². The Labute approximate surface area is 162 Å². The predicted molar refractivity (Wildman–Crippen MR) is 106 cm³/mol. The zero-order chi connectivity index (χ0) is 19.8. The van der Waals surface area contributed by atoms with E-state index in [-0.39, 0.29) is 5.96 Å². The zero-order valence-electron chi connectivity index (χ0n) is 15.2. The maximum Gasteiger partial charge on any atom is 0.343 e. The number of hydrogen-bond donors (Lipinski definition) is 2. The van der Waals surface area contributed by atoms with Crippen LogP contribution in [0.4, 0.5) is 5.69 Å². The molecule has 8 heteroatoms. The Morgan fingerprint density at radius 3 is 2.39 bits per heavy atom. The molecule has 0 amide bonds. The third-order valence-electron chi connectivity index (χ3n) is 3.78. The molecule has 144 valence electrons. The van der Waals surface area contributed by atoms with Crippen molar-refractivity contribution in [3.05, 3.63) is 72.8 Å². The molecule has 1 aromatic heterocycles. The van der Waals surface area contributed by atoms with E-state index in [9.17, 15) is 4.79 Å². The van der Waals surface area contributed by atoms with Crippen molar-refractivity contribution in [2.24, 2.45) is 16.5 Å². The SMILES string of the molecule is NC(N)=Nc1ccc(C(=O)Oc2ccc(OCCCn3ccnc3)cc2)cc1. The van der Waals surface area contributed by atoms with Gasteiger partial charge in [-0.05, 0) is 55.0 Å². The average Bonchev–Trinajstić information content (AvgIpc) is 3.20. The lowest BCUT2D eigenvalue weighted by Crippen LogP contribution is -2.21. The fourth-order valence-electron chi connectivity index (χ4n) is 2.45. The number of carbonyl (C=O) groups is 1. The highest BCUT2D eigenvalue weighted by Crippen LogP contribution is 2.20.